The van der Waals surface area contributed by atoms with E-state index >= 15 is 0 Å². The zero-order valence-electron chi connectivity index (χ0n) is 9.14. The van der Waals surface area contributed by atoms with Gasteiger partial charge in [-0.25, -0.2) is 0 Å². The zero-order chi connectivity index (χ0) is 9.90. The minimum Gasteiger partial charge on any atom is -0.393 e. The minimum absolute atomic E-state index is 0.119. The summed E-state index contributed by atoms with van der Waals surface area (Å²) in [5.74, 6) is 0. The van der Waals surface area contributed by atoms with Crippen LogP contribution >= 0.6 is 0 Å². The number of aliphatic hydroxyl groups is 1. The molecule has 1 aliphatic rings. The number of nitrogens with one attached hydrogen (secondary N) is 1. The second-order valence-electron chi connectivity index (χ2n) is 4.68. The lowest BCUT2D eigenvalue weighted by atomic mass is 10.0. The summed E-state index contributed by atoms with van der Waals surface area (Å²) in [5.41, 5.74) is 0.553. The van der Waals surface area contributed by atoms with Crippen molar-refractivity contribution in [3.63, 3.8) is 0 Å². The SMILES string of the molecule is CCC(O)CCNC(C)C1(C)CC1. The van der Waals surface area contributed by atoms with E-state index in [2.05, 4.69) is 19.2 Å². The number of aliphatic hydroxyl groups excluding tert-OH is 1. The van der Waals surface area contributed by atoms with Crippen LogP contribution in [0.4, 0.5) is 0 Å². The van der Waals surface area contributed by atoms with Crippen LogP contribution in [0.2, 0.25) is 0 Å². The molecule has 2 heteroatoms. The van der Waals surface area contributed by atoms with Crippen LogP contribution in [-0.4, -0.2) is 23.8 Å². The first kappa shape index (κ1) is 11.0. The fourth-order valence-corrected chi connectivity index (χ4v) is 1.55. The molecule has 0 heterocycles. The van der Waals surface area contributed by atoms with Gasteiger partial charge in [-0.2, -0.15) is 0 Å². The van der Waals surface area contributed by atoms with E-state index in [1.165, 1.54) is 12.8 Å². The molecule has 1 fully saturated rings. The molecular weight excluding hydrogens is 162 g/mol. The smallest absolute Gasteiger partial charge is 0.0549 e. The summed E-state index contributed by atoms with van der Waals surface area (Å²) in [6.45, 7) is 7.56. The zero-order valence-corrected chi connectivity index (χ0v) is 9.14. The van der Waals surface area contributed by atoms with Crippen LogP contribution in [0, 0.1) is 5.41 Å². The summed E-state index contributed by atoms with van der Waals surface area (Å²) in [6, 6.07) is 0.608. The molecule has 0 saturated heterocycles. The van der Waals surface area contributed by atoms with E-state index < -0.39 is 0 Å². The van der Waals surface area contributed by atoms with Gasteiger partial charge in [-0.05, 0) is 44.6 Å². The third-order valence-corrected chi connectivity index (χ3v) is 3.48. The van der Waals surface area contributed by atoms with Gasteiger partial charge in [-0.3, -0.25) is 0 Å². The summed E-state index contributed by atoms with van der Waals surface area (Å²) in [7, 11) is 0. The Kier molecular flexibility index (Phi) is 3.74. The van der Waals surface area contributed by atoms with E-state index in [1.807, 2.05) is 6.92 Å². The summed E-state index contributed by atoms with van der Waals surface area (Å²) in [4.78, 5) is 0. The molecule has 0 aromatic rings. The maximum absolute atomic E-state index is 9.35. The molecule has 2 nitrogen and oxygen atoms in total. The highest BCUT2D eigenvalue weighted by Crippen LogP contribution is 2.47. The predicted octanol–water partition coefficient (Wildman–Crippen LogP) is 1.93. The average Bonchev–Trinajstić information content (AvgIpc) is 2.84. The fourth-order valence-electron chi connectivity index (χ4n) is 1.55. The molecule has 1 saturated carbocycles. The number of hydrogen-bond acceptors (Lipinski definition) is 2. The van der Waals surface area contributed by atoms with Gasteiger partial charge in [0.05, 0.1) is 6.10 Å². The van der Waals surface area contributed by atoms with E-state index in [4.69, 9.17) is 0 Å². The van der Waals surface area contributed by atoms with Crippen molar-refractivity contribution in [2.24, 2.45) is 5.41 Å². The molecule has 78 valence electrons. The molecule has 0 bridgehead atoms. The average molecular weight is 185 g/mol. The van der Waals surface area contributed by atoms with Gasteiger partial charge in [0.1, 0.15) is 0 Å². The Balaban J connectivity index is 2.05. The molecule has 0 radical (unpaired) electrons. The van der Waals surface area contributed by atoms with Crippen molar-refractivity contribution < 1.29 is 5.11 Å². The van der Waals surface area contributed by atoms with E-state index in [1.54, 1.807) is 0 Å². The molecule has 0 aromatic heterocycles. The van der Waals surface area contributed by atoms with Gasteiger partial charge < -0.3 is 10.4 Å². The molecule has 2 unspecified atom stereocenters. The van der Waals surface area contributed by atoms with Crippen LogP contribution in [0.25, 0.3) is 0 Å². The molecule has 0 amide bonds. The number of rotatable bonds is 6. The van der Waals surface area contributed by atoms with Gasteiger partial charge in [0, 0.05) is 6.04 Å². The molecule has 0 spiro atoms. The first-order valence-corrected chi connectivity index (χ1v) is 5.50. The van der Waals surface area contributed by atoms with Crippen LogP contribution in [0.15, 0.2) is 0 Å². The van der Waals surface area contributed by atoms with Crippen molar-refractivity contribution >= 4 is 0 Å². The van der Waals surface area contributed by atoms with Crippen molar-refractivity contribution in [1.82, 2.24) is 5.32 Å². The fraction of sp³-hybridized carbons (Fsp3) is 1.00. The van der Waals surface area contributed by atoms with E-state index in [0.29, 0.717) is 11.5 Å². The molecule has 13 heavy (non-hydrogen) atoms. The molecule has 2 N–H and O–H groups in total. The highest BCUT2D eigenvalue weighted by molar-refractivity contribution is 4.96. The monoisotopic (exact) mass is 185 g/mol. The molecular formula is C11H23NO. The van der Waals surface area contributed by atoms with Gasteiger partial charge in [0.25, 0.3) is 0 Å². The molecule has 2 atom stereocenters. The lowest BCUT2D eigenvalue weighted by Gasteiger charge is -2.21. The highest BCUT2D eigenvalue weighted by Gasteiger charge is 2.41. The van der Waals surface area contributed by atoms with Crippen LogP contribution in [0.1, 0.15) is 46.5 Å². The number of hydrogen-bond donors (Lipinski definition) is 2. The predicted molar refractivity (Wildman–Crippen MR) is 55.7 cm³/mol. The second kappa shape index (κ2) is 4.43. The standard InChI is InChI=1S/C11H23NO/c1-4-10(13)5-8-12-9(2)11(3)6-7-11/h9-10,12-13H,4-8H2,1-3H3. The lowest BCUT2D eigenvalue weighted by molar-refractivity contribution is 0.157. The molecule has 0 aliphatic heterocycles. The van der Waals surface area contributed by atoms with Crippen molar-refractivity contribution in [2.75, 3.05) is 6.54 Å². The minimum atomic E-state index is -0.119. The third-order valence-electron chi connectivity index (χ3n) is 3.48. The Morgan fingerprint density at radius 2 is 2.08 bits per heavy atom. The Labute approximate surface area is 81.7 Å². The van der Waals surface area contributed by atoms with Gasteiger partial charge >= 0.3 is 0 Å². The molecule has 1 rings (SSSR count). The molecule has 1 aliphatic carbocycles. The van der Waals surface area contributed by atoms with Gasteiger partial charge in [0.15, 0.2) is 0 Å². The maximum Gasteiger partial charge on any atom is 0.0549 e. The first-order valence-electron chi connectivity index (χ1n) is 5.50. The van der Waals surface area contributed by atoms with E-state index in [9.17, 15) is 5.11 Å². The van der Waals surface area contributed by atoms with Gasteiger partial charge in [-0.1, -0.05) is 13.8 Å². The van der Waals surface area contributed by atoms with Crippen molar-refractivity contribution in [1.29, 1.82) is 0 Å². The van der Waals surface area contributed by atoms with E-state index in [-0.39, 0.29) is 6.10 Å². The van der Waals surface area contributed by atoms with Crippen LogP contribution in [-0.2, 0) is 0 Å². The normalized spacial score (nSPS) is 24.0. The van der Waals surface area contributed by atoms with E-state index in [0.717, 1.165) is 19.4 Å². The van der Waals surface area contributed by atoms with Gasteiger partial charge in [0.2, 0.25) is 0 Å². The maximum atomic E-state index is 9.35. The summed E-state index contributed by atoms with van der Waals surface area (Å²) < 4.78 is 0. The Morgan fingerprint density at radius 1 is 1.46 bits per heavy atom. The van der Waals surface area contributed by atoms with Crippen molar-refractivity contribution in [3.8, 4) is 0 Å². The van der Waals surface area contributed by atoms with Crippen molar-refractivity contribution in [3.05, 3.63) is 0 Å². The third kappa shape index (κ3) is 3.28. The summed E-state index contributed by atoms with van der Waals surface area (Å²) in [6.07, 6.45) is 4.35. The molecule has 0 aromatic carbocycles. The highest BCUT2D eigenvalue weighted by atomic mass is 16.3. The second-order valence-corrected chi connectivity index (χ2v) is 4.68. The first-order chi connectivity index (χ1) is 6.08. The van der Waals surface area contributed by atoms with Gasteiger partial charge in [-0.15, -0.1) is 0 Å². The Morgan fingerprint density at radius 3 is 2.54 bits per heavy atom. The topological polar surface area (TPSA) is 32.3 Å². The lowest BCUT2D eigenvalue weighted by Crippen LogP contribution is -2.35. The largest absolute Gasteiger partial charge is 0.393 e. The quantitative estimate of drug-likeness (QED) is 0.662. The summed E-state index contributed by atoms with van der Waals surface area (Å²) >= 11 is 0. The Hall–Kier alpha value is -0.0800. The van der Waals surface area contributed by atoms with Crippen LogP contribution in [0.5, 0.6) is 0 Å². The van der Waals surface area contributed by atoms with Crippen LogP contribution < -0.4 is 5.32 Å². The summed E-state index contributed by atoms with van der Waals surface area (Å²) in [5, 5.41) is 12.8. The Bertz CT molecular complexity index is 154. The van der Waals surface area contributed by atoms with Crippen molar-refractivity contribution in [2.45, 2.75) is 58.6 Å². The van der Waals surface area contributed by atoms with Crippen LogP contribution in [0.3, 0.4) is 0 Å².